The zero-order valence-corrected chi connectivity index (χ0v) is 18.2. The number of hydrogen-bond donors (Lipinski definition) is 3. The Hall–Kier alpha value is -3.35. The van der Waals surface area contributed by atoms with Crippen LogP contribution in [0.15, 0.2) is 72.0 Å². The van der Waals surface area contributed by atoms with Gasteiger partial charge in [0.05, 0.1) is 17.6 Å². The number of fused-ring (bicyclic) bond motifs is 2. The number of anilines is 1. The number of aromatic nitrogens is 2. The summed E-state index contributed by atoms with van der Waals surface area (Å²) in [4.78, 5) is 4.51. The zero-order chi connectivity index (χ0) is 20.0. The quantitative estimate of drug-likeness (QED) is 0.312. The van der Waals surface area contributed by atoms with Gasteiger partial charge in [-0.1, -0.05) is 54.6 Å². The first-order chi connectivity index (χ1) is 14.1. The van der Waals surface area contributed by atoms with E-state index in [0.717, 1.165) is 51.9 Å². The lowest BCUT2D eigenvalue weighted by Gasteiger charge is -2.06. The second-order valence-electron chi connectivity index (χ2n) is 7.18. The van der Waals surface area contributed by atoms with Crippen molar-refractivity contribution >= 4 is 53.1 Å². The maximum Gasteiger partial charge on any atom is 0.221 e. The molecule has 6 nitrogen and oxygen atoms in total. The molecule has 1 aliphatic rings. The van der Waals surface area contributed by atoms with Crippen molar-refractivity contribution in [1.82, 2.24) is 9.66 Å². The largest absolute Gasteiger partial charge is 0.384 e. The number of imidazole rings is 1. The molecule has 8 heteroatoms. The van der Waals surface area contributed by atoms with Crippen molar-refractivity contribution in [3.8, 4) is 11.3 Å². The summed E-state index contributed by atoms with van der Waals surface area (Å²) < 4.78 is 1.63. The van der Waals surface area contributed by atoms with Crippen LogP contribution in [-0.2, 0) is 6.42 Å². The van der Waals surface area contributed by atoms with Gasteiger partial charge in [-0.05, 0) is 35.2 Å². The lowest BCUT2D eigenvalue weighted by Crippen LogP contribution is -2.13. The lowest BCUT2D eigenvalue weighted by molar-refractivity contribution is 0.883. The van der Waals surface area contributed by atoms with Crippen LogP contribution in [0.3, 0.4) is 0 Å². The molecule has 0 bridgehead atoms. The fourth-order valence-electron chi connectivity index (χ4n) is 3.94. The number of halogens is 2. The van der Waals surface area contributed by atoms with E-state index >= 15 is 0 Å². The highest BCUT2D eigenvalue weighted by molar-refractivity contribution is 6.08. The Bertz CT molecular complexity index is 1310. The van der Waals surface area contributed by atoms with Crippen LogP contribution >= 0.6 is 24.8 Å². The molecule has 0 fully saturated rings. The van der Waals surface area contributed by atoms with Crippen LogP contribution in [0.1, 0.15) is 23.1 Å². The smallest absolute Gasteiger partial charge is 0.221 e. The maximum atomic E-state index is 7.78. The van der Waals surface area contributed by atoms with Gasteiger partial charge in [0.15, 0.2) is 0 Å². The monoisotopic (exact) mass is 452 g/mol. The van der Waals surface area contributed by atoms with E-state index in [0.29, 0.717) is 5.95 Å². The van der Waals surface area contributed by atoms with Crippen molar-refractivity contribution in [3.63, 3.8) is 0 Å². The van der Waals surface area contributed by atoms with Crippen LogP contribution in [0, 0.1) is 5.41 Å². The normalized spacial score (nSPS) is 13.5. The van der Waals surface area contributed by atoms with Gasteiger partial charge in [-0.2, -0.15) is 5.10 Å². The van der Waals surface area contributed by atoms with Crippen LogP contribution < -0.4 is 11.5 Å². The third-order valence-electron chi connectivity index (χ3n) is 5.38. The summed E-state index contributed by atoms with van der Waals surface area (Å²) in [5.41, 5.74) is 17.5. The van der Waals surface area contributed by atoms with Gasteiger partial charge < -0.3 is 11.5 Å². The van der Waals surface area contributed by atoms with Gasteiger partial charge in [0.2, 0.25) is 5.95 Å². The van der Waals surface area contributed by atoms with Gasteiger partial charge in [0.1, 0.15) is 5.84 Å². The number of benzene rings is 3. The van der Waals surface area contributed by atoms with Crippen LogP contribution in [0.25, 0.3) is 22.0 Å². The van der Waals surface area contributed by atoms with Crippen molar-refractivity contribution < 1.29 is 0 Å². The second kappa shape index (κ2) is 8.79. The van der Waals surface area contributed by atoms with Crippen LogP contribution in [-0.4, -0.2) is 21.2 Å². The van der Waals surface area contributed by atoms with E-state index in [2.05, 4.69) is 29.2 Å². The first kappa shape index (κ1) is 22.3. The molecule has 158 valence electrons. The number of nitrogen functional groups attached to an aromatic ring is 2. The first-order valence-electron chi connectivity index (χ1n) is 9.49. The van der Waals surface area contributed by atoms with Crippen LogP contribution in [0.4, 0.5) is 5.95 Å². The van der Waals surface area contributed by atoms with Gasteiger partial charge in [-0.15, -0.1) is 24.8 Å². The molecule has 5 rings (SSSR count). The van der Waals surface area contributed by atoms with Gasteiger partial charge in [-0.25, -0.2) is 9.66 Å². The standard InChI is InChI=1S/C23H20N6.2ClH/c24-22(25)19-7-3-6-18-17(19)10-11-20(18)28-29-13-21(27-23(29)26)16-9-8-14-4-1-2-5-15(14)12-16;;/h1-9,12-13H,10-11H2,(H3,24,25)(H2,26,27);2*1H/b28-20+;;. The summed E-state index contributed by atoms with van der Waals surface area (Å²) in [7, 11) is 0. The Morgan fingerprint density at radius 3 is 2.52 bits per heavy atom. The SMILES string of the molecule is Cl.Cl.N=C(N)c1cccc2c1CC/C2=N\n1cc(-c2ccc3ccccc3c2)nc1N. The van der Waals surface area contributed by atoms with E-state index in [1.54, 1.807) is 4.68 Å². The highest BCUT2D eigenvalue weighted by Crippen LogP contribution is 2.28. The van der Waals surface area contributed by atoms with Crippen LogP contribution in [0.5, 0.6) is 0 Å². The molecule has 0 radical (unpaired) electrons. The topological polar surface area (TPSA) is 106 Å². The molecule has 1 heterocycles. The third-order valence-corrected chi connectivity index (χ3v) is 5.38. The molecule has 0 atom stereocenters. The zero-order valence-electron chi connectivity index (χ0n) is 16.6. The van der Waals surface area contributed by atoms with Gasteiger partial charge in [0.25, 0.3) is 0 Å². The van der Waals surface area contributed by atoms with Gasteiger partial charge in [0, 0.05) is 16.7 Å². The molecule has 3 aromatic carbocycles. The minimum Gasteiger partial charge on any atom is -0.384 e. The number of amidine groups is 1. The van der Waals surface area contributed by atoms with Crippen molar-refractivity contribution in [3.05, 3.63) is 83.6 Å². The Balaban J connectivity index is 0.00000136. The molecule has 0 aliphatic heterocycles. The minimum atomic E-state index is 0. The molecule has 1 aromatic heterocycles. The summed E-state index contributed by atoms with van der Waals surface area (Å²) >= 11 is 0. The third kappa shape index (κ3) is 4.00. The van der Waals surface area contributed by atoms with Gasteiger partial charge >= 0.3 is 0 Å². The molecule has 31 heavy (non-hydrogen) atoms. The van der Waals surface area contributed by atoms with E-state index in [1.807, 2.05) is 42.6 Å². The Morgan fingerprint density at radius 2 is 1.74 bits per heavy atom. The van der Waals surface area contributed by atoms with Crippen molar-refractivity contribution in [2.75, 3.05) is 5.73 Å². The summed E-state index contributed by atoms with van der Waals surface area (Å²) in [6.45, 7) is 0. The molecule has 0 spiro atoms. The highest BCUT2D eigenvalue weighted by atomic mass is 35.5. The average molecular weight is 453 g/mol. The summed E-state index contributed by atoms with van der Waals surface area (Å²) in [5.74, 6) is 0.431. The van der Waals surface area contributed by atoms with Crippen molar-refractivity contribution in [2.45, 2.75) is 12.8 Å². The molecule has 4 aromatic rings. The van der Waals surface area contributed by atoms with E-state index in [4.69, 9.17) is 22.0 Å². The van der Waals surface area contributed by atoms with Crippen molar-refractivity contribution in [2.24, 2.45) is 10.8 Å². The minimum absolute atomic E-state index is 0. The highest BCUT2D eigenvalue weighted by Gasteiger charge is 2.22. The number of nitrogens with two attached hydrogens (primary N) is 2. The molecular formula is C23H22Cl2N6. The fraction of sp³-hybridized carbons (Fsp3) is 0.0870. The lowest BCUT2D eigenvalue weighted by atomic mass is 10.0. The van der Waals surface area contributed by atoms with Crippen molar-refractivity contribution in [1.29, 1.82) is 5.41 Å². The molecular weight excluding hydrogens is 431 g/mol. The van der Waals surface area contributed by atoms with Crippen LogP contribution in [0.2, 0.25) is 0 Å². The molecule has 0 saturated carbocycles. The Morgan fingerprint density at radius 1 is 0.968 bits per heavy atom. The Kier molecular flexibility index (Phi) is 6.34. The van der Waals surface area contributed by atoms with E-state index < -0.39 is 0 Å². The second-order valence-corrected chi connectivity index (χ2v) is 7.18. The van der Waals surface area contributed by atoms with E-state index in [-0.39, 0.29) is 30.6 Å². The summed E-state index contributed by atoms with van der Waals surface area (Å²) in [6.07, 6.45) is 3.46. The summed E-state index contributed by atoms with van der Waals surface area (Å²) in [6, 6.07) is 20.3. The predicted molar refractivity (Wildman–Crippen MR) is 132 cm³/mol. The predicted octanol–water partition coefficient (Wildman–Crippen LogP) is 4.61. The number of hydrogen-bond acceptors (Lipinski definition) is 4. The molecule has 0 saturated heterocycles. The summed E-state index contributed by atoms with van der Waals surface area (Å²) in [5, 5.41) is 14.9. The molecule has 0 amide bonds. The Labute approximate surface area is 192 Å². The fourth-order valence-corrected chi connectivity index (χ4v) is 3.94. The number of nitrogens with zero attached hydrogens (tertiary/aromatic N) is 3. The number of rotatable bonds is 3. The molecule has 0 unspecified atom stereocenters. The maximum absolute atomic E-state index is 7.78. The molecule has 5 N–H and O–H groups in total. The average Bonchev–Trinajstić information content (AvgIpc) is 3.31. The van der Waals surface area contributed by atoms with Gasteiger partial charge in [-0.3, -0.25) is 5.41 Å². The molecule has 1 aliphatic carbocycles. The number of nitrogens with one attached hydrogen (secondary N) is 1. The first-order valence-corrected chi connectivity index (χ1v) is 9.49. The van der Waals surface area contributed by atoms with E-state index in [1.165, 1.54) is 5.39 Å². The van der Waals surface area contributed by atoms with E-state index in [9.17, 15) is 0 Å².